The molecule has 2 N–H and O–H groups in total. The molecular weight excluding hydrogens is 275 g/mol. The molecule has 6 nitrogen and oxygen atoms in total. The van der Waals surface area contributed by atoms with Crippen LogP contribution in [0.15, 0.2) is 0 Å². The van der Waals surface area contributed by atoms with Crippen molar-refractivity contribution in [1.82, 2.24) is 9.78 Å². The Morgan fingerprint density at radius 1 is 1.50 bits per heavy atom. The average molecular weight is 280 g/mol. The number of aryl methyl sites for hydroxylation is 1. The maximum absolute atomic E-state index is 12.4. The largest absolute Gasteiger partial charge is 0.439 e. The molecule has 0 radical (unpaired) electrons. The molecule has 0 saturated carbocycles. The summed E-state index contributed by atoms with van der Waals surface area (Å²) in [6.45, 7) is 0. The molecular formula is C5H5ClF3N3O3S. The van der Waals surface area contributed by atoms with Crippen LogP contribution in [0.1, 0.15) is 5.69 Å². The van der Waals surface area contributed by atoms with Gasteiger partial charge >= 0.3 is 16.5 Å². The highest BCUT2D eigenvalue weighted by atomic mass is 35.5. The van der Waals surface area contributed by atoms with Gasteiger partial charge in [0.1, 0.15) is 0 Å². The van der Waals surface area contributed by atoms with Crippen molar-refractivity contribution in [2.45, 2.75) is 6.18 Å². The molecule has 16 heavy (non-hydrogen) atoms. The van der Waals surface area contributed by atoms with E-state index in [-0.39, 0.29) is 0 Å². The van der Waals surface area contributed by atoms with Gasteiger partial charge in [0.05, 0.1) is 0 Å². The van der Waals surface area contributed by atoms with Crippen LogP contribution in [0.3, 0.4) is 0 Å². The molecule has 1 aromatic heterocycles. The third-order valence-corrected chi connectivity index (χ3v) is 2.22. The summed E-state index contributed by atoms with van der Waals surface area (Å²) in [4.78, 5) is 0. The van der Waals surface area contributed by atoms with Crippen molar-refractivity contribution in [3.8, 4) is 5.75 Å². The van der Waals surface area contributed by atoms with Crippen LogP contribution in [0.25, 0.3) is 0 Å². The summed E-state index contributed by atoms with van der Waals surface area (Å²) >= 11 is 5.38. The van der Waals surface area contributed by atoms with Crippen LogP contribution in [0, 0.1) is 0 Å². The smallest absolute Gasteiger partial charge is 0.365 e. The number of aromatic nitrogens is 2. The number of alkyl halides is 3. The monoisotopic (exact) mass is 279 g/mol. The molecule has 1 rings (SSSR count). The zero-order valence-electron chi connectivity index (χ0n) is 7.62. The molecule has 0 saturated heterocycles. The first-order valence-electron chi connectivity index (χ1n) is 3.54. The van der Waals surface area contributed by atoms with Crippen LogP contribution in [-0.4, -0.2) is 18.2 Å². The zero-order chi connectivity index (χ0) is 12.7. The van der Waals surface area contributed by atoms with Gasteiger partial charge in [0.15, 0.2) is 5.15 Å². The van der Waals surface area contributed by atoms with Gasteiger partial charge in [0.25, 0.3) is 0 Å². The second-order valence-corrected chi connectivity index (χ2v) is 4.18. The van der Waals surface area contributed by atoms with Gasteiger partial charge in [-0.1, -0.05) is 11.6 Å². The Hall–Kier alpha value is -1.00. The number of nitrogens with two attached hydrogens (primary N) is 1. The van der Waals surface area contributed by atoms with E-state index in [1.165, 1.54) is 0 Å². The molecule has 0 aliphatic carbocycles. The highest BCUT2D eigenvalue weighted by molar-refractivity contribution is 7.84. The van der Waals surface area contributed by atoms with Crippen LogP contribution in [-0.2, 0) is 23.5 Å². The van der Waals surface area contributed by atoms with E-state index in [0.717, 1.165) is 7.05 Å². The van der Waals surface area contributed by atoms with Crippen LogP contribution in [0.2, 0.25) is 5.15 Å². The molecule has 0 unspecified atom stereocenters. The standard InChI is InChI=1S/C5H5ClF3N3O3S/c1-12-4(6)2(15-16(10,13)14)3(11-12)5(7,8)9/h1H3,(H2,10,13,14). The third-order valence-electron chi connectivity index (χ3n) is 1.40. The number of hydrogen-bond acceptors (Lipinski definition) is 4. The lowest BCUT2D eigenvalue weighted by Gasteiger charge is -2.05. The SMILES string of the molecule is Cn1nc(C(F)(F)F)c(OS(N)(=O)=O)c1Cl. The van der Waals surface area contributed by atoms with Crippen LogP contribution >= 0.6 is 11.6 Å². The fourth-order valence-corrected chi connectivity index (χ4v) is 1.46. The summed E-state index contributed by atoms with van der Waals surface area (Å²) in [6, 6.07) is 0. The van der Waals surface area contributed by atoms with Crippen molar-refractivity contribution in [3.63, 3.8) is 0 Å². The molecule has 0 aliphatic heterocycles. The maximum Gasteiger partial charge on any atom is 0.439 e. The predicted octanol–water partition coefficient (Wildman–Crippen LogP) is 0.675. The summed E-state index contributed by atoms with van der Waals surface area (Å²) in [7, 11) is -3.52. The topological polar surface area (TPSA) is 87.2 Å². The summed E-state index contributed by atoms with van der Waals surface area (Å²) < 4.78 is 62.7. The van der Waals surface area contributed by atoms with Gasteiger partial charge in [0, 0.05) is 7.05 Å². The number of halogens is 4. The Labute approximate surface area is 93.0 Å². The molecule has 1 aromatic rings. The molecule has 0 bridgehead atoms. The van der Waals surface area contributed by atoms with E-state index >= 15 is 0 Å². The molecule has 0 atom stereocenters. The Morgan fingerprint density at radius 3 is 2.38 bits per heavy atom. The van der Waals surface area contributed by atoms with Gasteiger partial charge in [-0.25, -0.2) is 0 Å². The van der Waals surface area contributed by atoms with Crippen molar-refractivity contribution in [2.75, 3.05) is 0 Å². The first-order chi connectivity index (χ1) is 7.02. The first kappa shape index (κ1) is 13.1. The van der Waals surface area contributed by atoms with Gasteiger partial charge < -0.3 is 4.18 Å². The van der Waals surface area contributed by atoms with Crippen molar-refractivity contribution in [2.24, 2.45) is 12.2 Å². The Morgan fingerprint density at radius 2 is 2.00 bits per heavy atom. The molecule has 0 amide bonds. The molecule has 1 heterocycles. The Bertz CT molecular complexity index is 509. The second-order valence-electron chi connectivity index (χ2n) is 2.67. The van der Waals surface area contributed by atoms with Gasteiger partial charge in [-0.05, 0) is 0 Å². The predicted molar refractivity (Wildman–Crippen MR) is 47.0 cm³/mol. The molecule has 0 aliphatic rings. The molecule has 11 heteroatoms. The first-order valence-corrected chi connectivity index (χ1v) is 5.39. The highest BCUT2D eigenvalue weighted by Crippen LogP contribution is 2.39. The summed E-state index contributed by atoms with van der Waals surface area (Å²) in [6.07, 6.45) is -4.90. The fourth-order valence-electron chi connectivity index (χ4n) is 0.859. The summed E-state index contributed by atoms with van der Waals surface area (Å²) in [5.41, 5.74) is -1.56. The Balaban J connectivity index is 3.36. The van der Waals surface area contributed by atoms with E-state index in [9.17, 15) is 21.6 Å². The van der Waals surface area contributed by atoms with Crippen LogP contribution in [0.4, 0.5) is 13.2 Å². The van der Waals surface area contributed by atoms with Gasteiger partial charge in [-0.2, -0.15) is 31.8 Å². The van der Waals surface area contributed by atoms with Crippen LogP contribution in [0.5, 0.6) is 5.75 Å². The maximum atomic E-state index is 12.4. The highest BCUT2D eigenvalue weighted by Gasteiger charge is 2.41. The minimum atomic E-state index is -4.90. The summed E-state index contributed by atoms with van der Waals surface area (Å²) in [5.74, 6) is -1.14. The van der Waals surface area contributed by atoms with Gasteiger partial charge in [-0.15, -0.1) is 0 Å². The molecule has 0 fully saturated rings. The van der Waals surface area contributed by atoms with E-state index < -0.39 is 33.1 Å². The molecule has 92 valence electrons. The third kappa shape index (κ3) is 2.77. The molecule has 0 spiro atoms. The van der Waals surface area contributed by atoms with E-state index in [1.54, 1.807) is 0 Å². The zero-order valence-corrected chi connectivity index (χ0v) is 9.19. The van der Waals surface area contributed by atoms with Crippen molar-refractivity contribution >= 4 is 21.9 Å². The quantitative estimate of drug-likeness (QED) is 0.862. The lowest BCUT2D eigenvalue weighted by molar-refractivity contribution is -0.142. The van der Waals surface area contributed by atoms with Crippen molar-refractivity contribution in [1.29, 1.82) is 0 Å². The van der Waals surface area contributed by atoms with E-state index in [2.05, 4.69) is 14.4 Å². The van der Waals surface area contributed by atoms with Crippen molar-refractivity contribution < 1.29 is 25.8 Å². The summed E-state index contributed by atoms with van der Waals surface area (Å²) in [5, 5.41) is 6.80. The van der Waals surface area contributed by atoms with Gasteiger partial charge in [0.2, 0.25) is 11.4 Å². The average Bonchev–Trinajstić information content (AvgIpc) is 2.28. The van der Waals surface area contributed by atoms with Gasteiger partial charge in [-0.3, -0.25) is 4.68 Å². The van der Waals surface area contributed by atoms with Crippen molar-refractivity contribution in [3.05, 3.63) is 10.8 Å². The fraction of sp³-hybridized carbons (Fsp3) is 0.400. The molecule has 0 aromatic carbocycles. The van der Waals surface area contributed by atoms with E-state index in [0.29, 0.717) is 4.68 Å². The Kier molecular flexibility index (Phi) is 3.09. The minimum absolute atomic E-state index is 0.616. The van der Waals surface area contributed by atoms with E-state index in [1.807, 2.05) is 0 Å². The lowest BCUT2D eigenvalue weighted by Crippen LogP contribution is -2.20. The second kappa shape index (κ2) is 3.79. The number of rotatable bonds is 2. The van der Waals surface area contributed by atoms with E-state index in [4.69, 9.17) is 11.6 Å². The number of hydrogen-bond donors (Lipinski definition) is 1. The minimum Gasteiger partial charge on any atom is -0.365 e. The normalized spacial score (nSPS) is 12.9. The van der Waals surface area contributed by atoms with Crippen LogP contribution < -0.4 is 9.32 Å². The number of nitrogens with zero attached hydrogens (tertiary/aromatic N) is 2. The lowest BCUT2D eigenvalue weighted by atomic mass is 10.4.